The lowest BCUT2D eigenvalue weighted by molar-refractivity contribution is -0.136. The third-order valence-corrected chi connectivity index (χ3v) is 8.61. The number of piperidine rings is 1. The van der Waals surface area contributed by atoms with Crippen molar-refractivity contribution in [2.24, 2.45) is 5.92 Å². The molecule has 1 N–H and O–H groups in total. The Bertz CT molecular complexity index is 1230. The third kappa shape index (κ3) is 3.93. The molecule has 0 spiro atoms. The lowest BCUT2D eigenvalue weighted by Gasteiger charge is -2.32. The van der Waals surface area contributed by atoms with Gasteiger partial charge in [-0.05, 0) is 67.5 Å². The summed E-state index contributed by atoms with van der Waals surface area (Å²) in [6.45, 7) is 1.14. The highest BCUT2D eigenvalue weighted by Crippen LogP contribution is 2.29. The van der Waals surface area contributed by atoms with Crippen molar-refractivity contribution in [3.05, 3.63) is 59.4 Å². The molecule has 0 unspecified atom stereocenters. The Morgan fingerprint density at radius 2 is 1.88 bits per heavy atom. The van der Waals surface area contributed by atoms with Crippen LogP contribution in [0, 0.1) is 5.92 Å². The highest BCUT2D eigenvalue weighted by atomic mass is 32.2. The van der Waals surface area contributed by atoms with Crippen molar-refractivity contribution in [2.75, 3.05) is 20.1 Å². The van der Waals surface area contributed by atoms with Gasteiger partial charge in [-0.25, -0.2) is 13.4 Å². The molecular formula is C24H28N4O3S. The van der Waals surface area contributed by atoms with Crippen LogP contribution in [-0.2, 0) is 34.2 Å². The molecule has 0 saturated carbocycles. The zero-order valence-electron chi connectivity index (χ0n) is 18.3. The number of carbonyl (C=O) groups is 1. The topological polar surface area (TPSA) is 86.4 Å². The number of amides is 1. The summed E-state index contributed by atoms with van der Waals surface area (Å²) in [7, 11) is -1.74. The van der Waals surface area contributed by atoms with Crippen LogP contribution >= 0.6 is 0 Å². The van der Waals surface area contributed by atoms with Crippen molar-refractivity contribution in [3.8, 4) is 0 Å². The van der Waals surface area contributed by atoms with Crippen LogP contribution in [-0.4, -0.2) is 53.6 Å². The summed E-state index contributed by atoms with van der Waals surface area (Å²) in [5.74, 6) is 0.620. The maximum absolute atomic E-state index is 13.1. The van der Waals surface area contributed by atoms with Gasteiger partial charge in [-0.2, -0.15) is 4.31 Å². The predicted octanol–water partition coefficient (Wildman–Crippen LogP) is 3.11. The average Bonchev–Trinajstić information content (AvgIpc) is 3.44. The predicted molar refractivity (Wildman–Crippen MR) is 123 cm³/mol. The van der Waals surface area contributed by atoms with Gasteiger partial charge in [0.1, 0.15) is 5.82 Å². The van der Waals surface area contributed by atoms with E-state index in [9.17, 15) is 13.2 Å². The molecular weight excluding hydrogens is 424 g/mol. The maximum atomic E-state index is 13.1. The van der Waals surface area contributed by atoms with Gasteiger partial charge in [-0.3, -0.25) is 4.79 Å². The average molecular weight is 453 g/mol. The van der Waals surface area contributed by atoms with E-state index in [4.69, 9.17) is 0 Å². The lowest BCUT2D eigenvalue weighted by Crippen LogP contribution is -2.43. The highest BCUT2D eigenvalue weighted by Gasteiger charge is 2.33. The molecule has 5 rings (SSSR count). The first-order valence-corrected chi connectivity index (χ1v) is 12.7. The first-order chi connectivity index (χ1) is 15.4. The lowest BCUT2D eigenvalue weighted by atomic mass is 9.97. The smallest absolute Gasteiger partial charge is 0.243 e. The Morgan fingerprint density at radius 3 is 2.66 bits per heavy atom. The Kier molecular flexibility index (Phi) is 5.51. The second kappa shape index (κ2) is 8.33. The number of nitrogens with one attached hydrogen (secondary N) is 1. The SMILES string of the molecule is CN(Cc1nc2ccccc2[nH]1)C(=O)C1CCN(S(=O)(=O)c2ccc3c(c2)CCC3)CC1. The number of H-pyrrole nitrogens is 1. The second-order valence-corrected chi connectivity index (χ2v) is 10.8. The van der Waals surface area contributed by atoms with E-state index in [0.717, 1.165) is 41.7 Å². The van der Waals surface area contributed by atoms with Gasteiger partial charge in [0.2, 0.25) is 15.9 Å². The van der Waals surface area contributed by atoms with E-state index >= 15 is 0 Å². The van der Waals surface area contributed by atoms with E-state index in [1.54, 1.807) is 18.0 Å². The van der Waals surface area contributed by atoms with E-state index < -0.39 is 10.0 Å². The number of rotatable bonds is 5. The minimum absolute atomic E-state index is 0.0417. The first kappa shape index (κ1) is 21.2. The number of carbonyl (C=O) groups excluding carboxylic acids is 1. The van der Waals surface area contributed by atoms with E-state index in [1.165, 1.54) is 9.87 Å². The summed E-state index contributed by atoms with van der Waals surface area (Å²) in [6, 6.07) is 13.3. The summed E-state index contributed by atoms with van der Waals surface area (Å²) >= 11 is 0. The summed E-state index contributed by atoms with van der Waals surface area (Å²) in [5, 5.41) is 0. The van der Waals surface area contributed by atoms with Gasteiger partial charge < -0.3 is 9.88 Å². The number of imidazole rings is 1. The molecule has 1 fully saturated rings. The number of fused-ring (bicyclic) bond motifs is 2. The minimum atomic E-state index is -3.52. The molecule has 1 aliphatic heterocycles. The Labute approximate surface area is 188 Å². The highest BCUT2D eigenvalue weighted by molar-refractivity contribution is 7.89. The van der Waals surface area contributed by atoms with Crippen LogP contribution in [0.25, 0.3) is 11.0 Å². The van der Waals surface area contributed by atoms with Crippen LogP contribution in [0.1, 0.15) is 36.2 Å². The van der Waals surface area contributed by atoms with E-state index in [0.29, 0.717) is 37.4 Å². The molecule has 1 aliphatic carbocycles. The maximum Gasteiger partial charge on any atom is 0.243 e. The van der Waals surface area contributed by atoms with Gasteiger partial charge in [0.15, 0.2) is 0 Å². The summed E-state index contributed by atoms with van der Waals surface area (Å²) < 4.78 is 27.8. The van der Waals surface area contributed by atoms with Crippen molar-refractivity contribution in [1.82, 2.24) is 19.2 Å². The van der Waals surface area contributed by atoms with Gasteiger partial charge in [-0.1, -0.05) is 18.2 Å². The van der Waals surface area contributed by atoms with Gasteiger partial charge in [0, 0.05) is 26.1 Å². The van der Waals surface area contributed by atoms with Gasteiger partial charge in [-0.15, -0.1) is 0 Å². The van der Waals surface area contributed by atoms with E-state index in [-0.39, 0.29) is 11.8 Å². The van der Waals surface area contributed by atoms with Gasteiger partial charge in [0.25, 0.3) is 0 Å². The molecule has 3 aromatic rings. The Morgan fingerprint density at radius 1 is 1.12 bits per heavy atom. The van der Waals surface area contributed by atoms with Crippen LogP contribution in [0.15, 0.2) is 47.4 Å². The number of hydrogen-bond acceptors (Lipinski definition) is 4. The van der Waals surface area contributed by atoms with Crippen molar-refractivity contribution in [3.63, 3.8) is 0 Å². The standard InChI is InChI=1S/C24H28N4O3S/c1-27(16-23-25-21-7-2-3-8-22(21)26-23)24(29)18-11-13-28(14-12-18)32(30,31)20-10-9-17-5-4-6-19(17)15-20/h2-3,7-10,15,18H,4-6,11-14,16H2,1H3,(H,25,26). The number of sulfonamides is 1. The number of aromatic nitrogens is 2. The molecule has 0 atom stereocenters. The molecule has 2 heterocycles. The Hall–Kier alpha value is -2.71. The largest absolute Gasteiger partial charge is 0.340 e. The molecule has 1 amide bonds. The van der Waals surface area contributed by atoms with Crippen LogP contribution in [0.2, 0.25) is 0 Å². The molecule has 8 heteroatoms. The van der Waals surface area contributed by atoms with E-state index in [2.05, 4.69) is 9.97 Å². The summed E-state index contributed by atoms with van der Waals surface area (Å²) in [4.78, 5) is 22.9. The molecule has 2 aromatic carbocycles. The minimum Gasteiger partial charge on any atom is -0.340 e. The number of benzene rings is 2. The van der Waals surface area contributed by atoms with Crippen molar-refractivity contribution >= 4 is 27.0 Å². The summed E-state index contributed by atoms with van der Waals surface area (Å²) in [6.07, 6.45) is 4.15. The molecule has 0 bridgehead atoms. The fraction of sp³-hybridized carbons (Fsp3) is 0.417. The molecule has 7 nitrogen and oxygen atoms in total. The van der Waals surface area contributed by atoms with Gasteiger partial charge >= 0.3 is 0 Å². The zero-order chi connectivity index (χ0) is 22.3. The van der Waals surface area contributed by atoms with Crippen LogP contribution < -0.4 is 0 Å². The van der Waals surface area contributed by atoms with Crippen LogP contribution in [0.4, 0.5) is 0 Å². The van der Waals surface area contributed by atoms with Gasteiger partial charge in [0.05, 0.1) is 22.5 Å². The van der Waals surface area contributed by atoms with Crippen molar-refractivity contribution in [1.29, 1.82) is 0 Å². The second-order valence-electron chi connectivity index (χ2n) is 8.86. The fourth-order valence-electron chi connectivity index (χ4n) is 4.90. The fourth-order valence-corrected chi connectivity index (χ4v) is 6.42. The quantitative estimate of drug-likeness (QED) is 0.645. The molecule has 1 aromatic heterocycles. The van der Waals surface area contributed by atoms with Crippen LogP contribution in [0.5, 0.6) is 0 Å². The molecule has 168 valence electrons. The van der Waals surface area contributed by atoms with Crippen molar-refractivity contribution < 1.29 is 13.2 Å². The van der Waals surface area contributed by atoms with Crippen LogP contribution in [0.3, 0.4) is 0 Å². The number of para-hydroxylation sites is 2. The zero-order valence-corrected chi connectivity index (χ0v) is 19.1. The summed E-state index contributed by atoms with van der Waals surface area (Å²) in [5.41, 5.74) is 4.26. The monoisotopic (exact) mass is 452 g/mol. The molecule has 2 aliphatic rings. The Balaban J connectivity index is 1.21. The third-order valence-electron chi connectivity index (χ3n) is 6.71. The number of hydrogen-bond donors (Lipinski definition) is 1. The van der Waals surface area contributed by atoms with Crippen molar-refractivity contribution in [2.45, 2.75) is 43.5 Å². The number of nitrogens with zero attached hydrogens (tertiary/aromatic N) is 3. The normalized spacial score (nSPS) is 17.5. The molecule has 1 saturated heterocycles. The molecule has 0 radical (unpaired) electrons. The number of aryl methyl sites for hydroxylation is 2. The molecule has 32 heavy (non-hydrogen) atoms. The number of aromatic amines is 1. The van der Waals surface area contributed by atoms with E-state index in [1.807, 2.05) is 36.4 Å². The first-order valence-electron chi connectivity index (χ1n) is 11.2.